The van der Waals surface area contributed by atoms with Crippen LogP contribution >= 0.6 is 0 Å². The summed E-state index contributed by atoms with van der Waals surface area (Å²) in [4.78, 5) is 50.0. The topological polar surface area (TPSA) is 207 Å². The highest BCUT2D eigenvalue weighted by Crippen LogP contribution is 2.49. The lowest BCUT2D eigenvalue weighted by Crippen LogP contribution is -2.44. The van der Waals surface area contributed by atoms with Crippen LogP contribution in [0.15, 0.2) is 73.3 Å². The summed E-state index contributed by atoms with van der Waals surface area (Å²) in [5.41, 5.74) is 4.33. The van der Waals surface area contributed by atoms with Crippen LogP contribution in [0.4, 0.5) is 47.0 Å². The third kappa shape index (κ3) is 12.1. The first-order valence-corrected chi connectivity index (χ1v) is 17.7. The minimum Gasteiger partial charge on any atom is -0.405 e. The van der Waals surface area contributed by atoms with Crippen molar-refractivity contribution in [3.05, 3.63) is 95.6 Å². The SMILES string of the molecule is CC.NNC(=O)c1cnc(NC2(c3ccccc3OC(F)(F)F)CCC2)nc1.O=C(NNC(=O)C(F)F)c1cnc(NC2(c3ccccc3OC(F)(F)F)CCC2)nc1. The van der Waals surface area contributed by atoms with Crippen molar-refractivity contribution >= 4 is 29.6 Å². The van der Waals surface area contributed by atoms with Crippen molar-refractivity contribution < 1.29 is 59.0 Å². The largest absolute Gasteiger partial charge is 0.573 e. The molecule has 0 spiro atoms. The summed E-state index contributed by atoms with van der Waals surface area (Å²) in [6.45, 7) is 4.00. The van der Waals surface area contributed by atoms with Gasteiger partial charge >= 0.3 is 25.1 Å². The Balaban J connectivity index is 0.000000254. The van der Waals surface area contributed by atoms with Crippen LogP contribution < -0.4 is 42.2 Å². The molecule has 4 aromatic rings. The fraction of sp³-hybridized carbons (Fsp3) is 0.361. The average molecular weight is 843 g/mol. The van der Waals surface area contributed by atoms with Gasteiger partial charge in [-0.25, -0.2) is 25.8 Å². The molecule has 3 amide bonds. The van der Waals surface area contributed by atoms with Crippen molar-refractivity contribution in [1.82, 2.24) is 36.2 Å². The lowest BCUT2D eigenvalue weighted by Gasteiger charge is -2.43. The molecule has 23 heteroatoms. The van der Waals surface area contributed by atoms with E-state index in [0.29, 0.717) is 36.8 Å². The Morgan fingerprint density at radius 1 is 0.644 bits per heavy atom. The molecular formula is C36H38F8N10O5. The molecule has 0 bridgehead atoms. The Hall–Kier alpha value is -6.39. The third-order valence-corrected chi connectivity index (χ3v) is 8.83. The van der Waals surface area contributed by atoms with E-state index in [9.17, 15) is 49.5 Å². The van der Waals surface area contributed by atoms with E-state index in [-0.39, 0.29) is 34.5 Å². The number of nitrogens with two attached hydrogens (primary N) is 1. The zero-order valence-electron chi connectivity index (χ0n) is 31.2. The first kappa shape index (κ1) is 45.3. The molecule has 59 heavy (non-hydrogen) atoms. The summed E-state index contributed by atoms with van der Waals surface area (Å²) >= 11 is 0. The molecule has 2 saturated carbocycles. The lowest BCUT2D eigenvalue weighted by molar-refractivity contribution is -0.276. The molecule has 6 rings (SSSR count). The van der Waals surface area contributed by atoms with Gasteiger partial charge in [-0.15, -0.1) is 26.3 Å². The van der Waals surface area contributed by atoms with Crippen molar-refractivity contribution in [2.75, 3.05) is 10.6 Å². The number of carbonyl (C=O) groups is 3. The number of aromatic nitrogens is 4. The summed E-state index contributed by atoms with van der Waals surface area (Å²) in [5, 5.41) is 6.08. The number of para-hydroxylation sites is 2. The van der Waals surface area contributed by atoms with Crippen LogP contribution in [0.2, 0.25) is 0 Å². The van der Waals surface area contributed by atoms with Gasteiger partial charge in [-0.05, 0) is 50.7 Å². The van der Waals surface area contributed by atoms with Gasteiger partial charge in [-0.2, -0.15) is 8.78 Å². The van der Waals surface area contributed by atoms with Gasteiger partial charge in [-0.1, -0.05) is 50.2 Å². The number of rotatable bonds is 11. The van der Waals surface area contributed by atoms with E-state index in [2.05, 4.69) is 40.0 Å². The van der Waals surface area contributed by atoms with Crippen LogP contribution in [0.5, 0.6) is 11.5 Å². The second-order valence-electron chi connectivity index (χ2n) is 12.5. The minimum absolute atomic E-state index is 0.0367. The first-order valence-electron chi connectivity index (χ1n) is 17.7. The van der Waals surface area contributed by atoms with E-state index < -0.39 is 47.9 Å². The smallest absolute Gasteiger partial charge is 0.405 e. The maximum absolute atomic E-state index is 12.8. The van der Waals surface area contributed by atoms with Gasteiger partial charge in [0.15, 0.2) is 0 Å². The summed E-state index contributed by atoms with van der Waals surface area (Å²) in [7, 11) is 0. The van der Waals surface area contributed by atoms with Gasteiger partial charge in [0.2, 0.25) is 11.9 Å². The van der Waals surface area contributed by atoms with Crippen LogP contribution in [0.1, 0.15) is 84.2 Å². The molecule has 2 aromatic heterocycles. The Morgan fingerprint density at radius 2 is 1.02 bits per heavy atom. The van der Waals surface area contributed by atoms with Crippen LogP contribution in [0, 0.1) is 0 Å². The number of nitrogens with one attached hydrogen (secondary N) is 5. The van der Waals surface area contributed by atoms with Gasteiger partial charge in [0.1, 0.15) is 11.5 Å². The van der Waals surface area contributed by atoms with Crippen molar-refractivity contribution in [3.8, 4) is 11.5 Å². The molecule has 0 atom stereocenters. The van der Waals surface area contributed by atoms with Crippen molar-refractivity contribution in [2.45, 2.75) is 82.6 Å². The maximum Gasteiger partial charge on any atom is 0.573 e. The molecule has 0 unspecified atom stereocenters. The number of hydrogen-bond acceptors (Lipinski definition) is 12. The molecule has 0 saturated heterocycles. The molecule has 0 aliphatic heterocycles. The summed E-state index contributed by atoms with van der Waals surface area (Å²) in [6.07, 6.45) is -4.46. The third-order valence-electron chi connectivity index (χ3n) is 8.83. The van der Waals surface area contributed by atoms with Crippen molar-refractivity contribution in [2.24, 2.45) is 5.84 Å². The lowest BCUT2D eigenvalue weighted by atomic mass is 9.71. The van der Waals surface area contributed by atoms with Gasteiger partial charge in [-0.3, -0.25) is 30.7 Å². The van der Waals surface area contributed by atoms with Crippen LogP contribution in [-0.4, -0.2) is 56.8 Å². The molecule has 7 N–H and O–H groups in total. The molecule has 2 aliphatic carbocycles. The van der Waals surface area contributed by atoms with Crippen molar-refractivity contribution in [1.29, 1.82) is 0 Å². The first-order chi connectivity index (χ1) is 27.9. The van der Waals surface area contributed by atoms with Crippen LogP contribution in [0.3, 0.4) is 0 Å². The van der Waals surface area contributed by atoms with E-state index in [1.807, 2.05) is 19.3 Å². The van der Waals surface area contributed by atoms with Gasteiger partial charge in [0, 0.05) is 35.9 Å². The van der Waals surface area contributed by atoms with E-state index in [1.165, 1.54) is 48.2 Å². The van der Waals surface area contributed by atoms with Crippen LogP contribution in [-0.2, 0) is 15.9 Å². The number of anilines is 2. The molecule has 2 aliphatic rings. The van der Waals surface area contributed by atoms with Crippen LogP contribution in [0.25, 0.3) is 0 Å². The second-order valence-corrected chi connectivity index (χ2v) is 12.5. The minimum atomic E-state index is -4.85. The second kappa shape index (κ2) is 19.4. The predicted molar refractivity (Wildman–Crippen MR) is 193 cm³/mol. The molecule has 2 heterocycles. The van der Waals surface area contributed by atoms with Gasteiger partial charge in [0.25, 0.3) is 11.8 Å². The molecule has 0 radical (unpaired) electrons. The number of hydrazine groups is 2. The van der Waals surface area contributed by atoms with E-state index >= 15 is 0 Å². The Kier molecular flexibility index (Phi) is 14.9. The number of hydrogen-bond donors (Lipinski definition) is 6. The van der Waals surface area contributed by atoms with E-state index in [4.69, 9.17) is 5.84 Å². The molecule has 2 aromatic carbocycles. The number of nitrogen functional groups attached to an aromatic ring is 1. The summed E-state index contributed by atoms with van der Waals surface area (Å²) < 4.78 is 109. The summed E-state index contributed by atoms with van der Waals surface area (Å²) in [6, 6.07) is 11.7. The van der Waals surface area contributed by atoms with E-state index in [1.54, 1.807) is 23.6 Å². The number of alkyl halides is 8. The number of nitrogens with zero attached hydrogens (tertiary/aromatic N) is 4. The monoisotopic (exact) mass is 842 g/mol. The Labute approximate surface area is 330 Å². The van der Waals surface area contributed by atoms with E-state index in [0.717, 1.165) is 25.2 Å². The van der Waals surface area contributed by atoms with Gasteiger partial charge < -0.3 is 20.1 Å². The zero-order valence-corrected chi connectivity index (χ0v) is 31.2. The molecular weight excluding hydrogens is 804 g/mol. The molecule has 318 valence electrons. The highest BCUT2D eigenvalue weighted by Gasteiger charge is 2.45. The fourth-order valence-corrected chi connectivity index (χ4v) is 5.91. The number of amides is 3. The number of carbonyl (C=O) groups excluding carboxylic acids is 3. The number of ether oxygens (including phenoxy) is 2. The Bertz CT molecular complexity index is 2030. The number of halogens is 8. The predicted octanol–water partition coefficient (Wildman–Crippen LogP) is 6.39. The quantitative estimate of drug-likeness (QED) is 0.0421. The molecule has 2 fully saturated rings. The van der Waals surface area contributed by atoms with Crippen molar-refractivity contribution in [3.63, 3.8) is 0 Å². The average Bonchev–Trinajstić information content (AvgIpc) is 3.17. The zero-order chi connectivity index (χ0) is 43.4. The van der Waals surface area contributed by atoms with Gasteiger partial charge in [0.05, 0.1) is 22.2 Å². The molecule has 15 nitrogen and oxygen atoms in total. The normalized spacial score (nSPS) is 14.9. The fourth-order valence-electron chi connectivity index (χ4n) is 5.91. The maximum atomic E-state index is 12.8. The number of benzene rings is 2. The summed E-state index contributed by atoms with van der Waals surface area (Å²) in [5.74, 6) is 1.52. The Morgan fingerprint density at radius 3 is 1.34 bits per heavy atom. The standard InChI is InChI=1S/C18H16F5N5O3.C16H16F3N5O2.C2H6/c19-13(20)15(30)28-27-14(29)10-8-24-16(25-9-10)26-17(6-3-7-17)11-4-1-2-5-12(11)31-18(21,22)23;17-16(18,19)26-12-5-2-1-4-11(12)15(6-3-7-15)23-14-21-8-10(9-22-14)13(25)24-20;1-2/h1-2,4-5,8-9,13H,3,6-7H2,(H,27,29)(H,28,30)(H,24,25,26);1-2,4-5,8-9H,3,6-7,20H2,(H,24,25)(H,21,22,23);1-2H3. The highest BCUT2D eigenvalue weighted by molar-refractivity contribution is 5.95. The highest BCUT2D eigenvalue weighted by atomic mass is 19.4.